The van der Waals surface area contributed by atoms with E-state index in [1.165, 1.54) is 24.3 Å². The molecule has 2 aliphatic heterocycles. The van der Waals surface area contributed by atoms with Gasteiger partial charge in [0.1, 0.15) is 0 Å². The van der Waals surface area contributed by atoms with Crippen LogP contribution in [0.15, 0.2) is 60.7 Å². The highest BCUT2D eigenvalue weighted by Gasteiger charge is 2.38. The fraction of sp³-hybridized carbons (Fsp3) is 0. The molecular formula is C22H10ClIN2O4. The van der Waals surface area contributed by atoms with Gasteiger partial charge in [-0.05, 0) is 83.3 Å². The average Bonchev–Trinajstić information content (AvgIpc) is 3.12. The molecule has 4 amide bonds. The zero-order chi connectivity index (χ0) is 21.2. The third kappa shape index (κ3) is 2.69. The quantitative estimate of drug-likeness (QED) is 0.361. The van der Waals surface area contributed by atoms with Crippen molar-refractivity contribution in [2.75, 3.05) is 9.80 Å². The normalized spacial score (nSPS) is 15.1. The number of carbonyl (C=O) groups excluding carboxylic acids is 4. The van der Waals surface area contributed by atoms with Crippen molar-refractivity contribution >= 4 is 69.2 Å². The van der Waals surface area contributed by atoms with Crippen LogP contribution in [0.5, 0.6) is 0 Å². The van der Waals surface area contributed by atoms with Crippen LogP contribution in [0.1, 0.15) is 41.4 Å². The van der Waals surface area contributed by atoms with E-state index in [1.54, 1.807) is 36.4 Å². The first-order valence-corrected chi connectivity index (χ1v) is 10.3. The molecule has 5 rings (SSSR count). The first kappa shape index (κ1) is 19.0. The summed E-state index contributed by atoms with van der Waals surface area (Å²) in [6.45, 7) is 0. The SMILES string of the molecule is O=C1c2ccc(Cl)cc2C(=O)N1c1ccc(N2C(=O)c3ccc(I)cc3C2=O)cc1. The van der Waals surface area contributed by atoms with E-state index < -0.39 is 23.6 Å². The van der Waals surface area contributed by atoms with Gasteiger partial charge in [0.25, 0.3) is 23.6 Å². The molecule has 8 heteroatoms. The fourth-order valence-corrected chi connectivity index (χ4v) is 4.31. The molecule has 0 atom stereocenters. The van der Waals surface area contributed by atoms with E-state index in [0.29, 0.717) is 27.5 Å². The Hall–Kier alpha value is -3.04. The van der Waals surface area contributed by atoms with Gasteiger partial charge in [-0.15, -0.1) is 0 Å². The Morgan fingerprint density at radius 3 is 1.53 bits per heavy atom. The number of halogens is 2. The van der Waals surface area contributed by atoms with E-state index in [-0.39, 0.29) is 11.1 Å². The van der Waals surface area contributed by atoms with Crippen LogP contribution in [-0.4, -0.2) is 23.6 Å². The molecule has 3 aromatic rings. The summed E-state index contributed by atoms with van der Waals surface area (Å²) < 4.78 is 0.857. The number of hydrogen-bond acceptors (Lipinski definition) is 4. The number of rotatable bonds is 2. The van der Waals surface area contributed by atoms with Gasteiger partial charge >= 0.3 is 0 Å². The molecule has 6 nitrogen and oxygen atoms in total. The number of hydrogen-bond donors (Lipinski definition) is 0. The summed E-state index contributed by atoms with van der Waals surface area (Å²) in [5.41, 5.74) is 1.93. The van der Waals surface area contributed by atoms with Crippen molar-refractivity contribution in [1.82, 2.24) is 0 Å². The molecule has 3 aromatic carbocycles. The molecule has 0 saturated carbocycles. The molecule has 0 N–H and O–H groups in total. The molecule has 0 aliphatic carbocycles. The zero-order valence-corrected chi connectivity index (χ0v) is 18.0. The number of fused-ring (bicyclic) bond motifs is 2. The van der Waals surface area contributed by atoms with Crippen LogP contribution in [0.4, 0.5) is 11.4 Å². The molecule has 2 heterocycles. The first-order valence-electron chi connectivity index (χ1n) is 8.83. The molecule has 0 aromatic heterocycles. The Balaban J connectivity index is 1.48. The minimum absolute atomic E-state index is 0.242. The molecule has 0 radical (unpaired) electrons. The molecule has 146 valence electrons. The van der Waals surface area contributed by atoms with Crippen LogP contribution in [0.2, 0.25) is 5.02 Å². The maximum atomic E-state index is 12.8. The maximum absolute atomic E-state index is 12.8. The van der Waals surface area contributed by atoms with Crippen LogP contribution in [0.25, 0.3) is 0 Å². The number of benzene rings is 3. The number of carbonyl (C=O) groups is 4. The minimum Gasteiger partial charge on any atom is -0.268 e. The van der Waals surface area contributed by atoms with Gasteiger partial charge in [-0.1, -0.05) is 11.6 Å². The Kier molecular flexibility index (Phi) is 4.26. The third-order valence-electron chi connectivity index (χ3n) is 5.06. The van der Waals surface area contributed by atoms with Crippen molar-refractivity contribution in [1.29, 1.82) is 0 Å². The smallest absolute Gasteiger partial charge is 0.266 e. The van der Waals surface area contributed by atoms with Crippen molar-refractivity contribution in [3.05, 3.63) is 91.5 Å². The fourth-order valence-electron chi connectivity index (χ4n) is 3.65. The van der Waals surface area contributed by atoms with Crippen molar-refractivity contribution < 1.29 is 19.2 Å². The second kappa shape index (κ2) is 6.75. The molecular weight excluding hydrogens is 519 g/mol. The Morgan fingerprint density at radius 1 is 0.567 bits per heavy atom. The van der Waals surface area contributed by atoms with E-state index in [9.17, 15) is 19.2 Å². The minimum atomic E-state index is -0.472. The largest absolute Gasteiger partial charge is 0.268 e. The lowest BCUT2D eigenvalue weighted by atomic mass is 10.1. The van der Waals surface area contributed by atoms with E-state index >= 15 is 0 Å². The van der Waals surface area contributed by atoms with Gasteiger partial charge in [0.05, 0.1) is 33.6 Å². The highest BCUT2D eigenvalue weighted by Crippen LogP contribution is 2.33. The summed E-state index contributed by atoms with van der Waals surface area (Å²) in [7, 11) is 0. The number of imide groups is 2. The third-order valence-corrected chi connectivity index (χ3v) is 5.97. The summed E-state index contributed by atoms with van der Waals surface area (Å²) in [4.78, 5) is 53.0. The number of amides is 4. The predicted octanol–water partition coefficient (Wildman–Crippen LogP) is 4.55. The Bertz CT molecular complexity index is 1200. The van der Waals surface area contributed by atoms with Crippen molar-refractivity contribution in [2.45, 2.75) is 0 Å². The van der Waals surface area contributed by atoms with Gasteiger partial charge in [-0.2, -0.15) is 0 Å². The highest BCUT2D eigenvalue weighted by molar-refractivity contribution is 14.1. The summed E-state index contributed by atoms with van der Waals surface area (Å²) >= 11 is 8.03. The maximum Gasteiger partial charge on any atom is 0.266 e. The van der Waals surface area contributed by atoms with E-state index in [4.69, 9.17) is 11.6 Å². The number of nitrogens with zero attached hydrogens (tertiary/aromatic N) is 2. The average molecular weight is 529 g/mol. The first-order chi connectivity index (χ1) is 14.4. The summed E-state index contributed by atoms with van der Waals surface area (Å²) in [5.74, 6) is -1.73. The van der Waals surface area contributed by atoms with Crippen LogP contribution in [-0.2, 0) is 0 Å². The molecule has 0 bridgehead atoms. The van der Waals surface area contributed by atoms with Crippen LogP contribution in [0.3, 0.4) is 0 Å². The van der Waals surface area contributed by atoms with Crippen molar-refractivity contribution in [3.63, 3.8) is 0 Å². The Morgan fingerprint density at radius 2 is 1.00 bits per heavy atom. The lowest BCUT2D eigenvalue weighted by molar-refractivity contribution is 0.0909. The topological polar surface area (TPSA) is 74.8 Å². The van der Waals surface area contributed by atoms with Crippen molar-refractivity contribution in [3.8, 4) is 0 Å². The zero-order valence-electron chi connectivity index (χ0n) is 15.1. The van der Waals surface area contributed by atoms with Crippen LogP contribution >= 0.6 is 34.2 Å². The van der Waals surface area contributed by atoms with Gasteiger partial charge in [0.2, 0.25) is 0 Å². The van der Waals surface area contributed by atoms with Crippen LogP contribution in [0, 0.1) is 3.57 Å². The molecule has 0 spiro atoms. The van der Waals surface area contributed by atoms with Gasteiger partial charge < -0.3 is 0 Å². The second-order valence-electron chi connectivity index (χ2n) is 6.79. The van der Waals surface area contributed by atoms with Gasteiger partial charge in [-0.3, -0.25) is 19.2 Å². The predicted molar refractivity (Wildman–Crippen MR) is 119 cm³/mol. The molecule has 0 fully saturated rings. The van der Waals surface area contributed by atoms with E-state index in [0.717, 1.165) is 13.4 Å². The van der Waals surface area contributed by atoms with Crippen LogP contribution < -0.4 is 9.80 Å². The lowest BCUT2D eigenvalue weighted by Crippen LogP contribution is -2.30. The molecule has 0 saturated heterocycles. The summed E-state index contributed by atoms with van der Waals surface area (Å²) in [6.07, 6.45) is 0. The molecule has 0 unspecified atom stereocenters. The second-order valence-corrected chi connectivity index (χ2v) is 8.47. The highest BCUT2D eigenvalue weighted by atomic mass is 127. The van der Waals surface area contributed by atoms with Crippen molar-refractivity contribution in [2.24, 2.45) is 0 Å². The van der Waals surface area contributed by atoms with Gasteiger partial charge in [0, 0.05) is 8.59 Å². The number of anilines is 2. The van der Waals surface area contributed by atoms with E-state index in [2.05, 4.69) is 22.6 Å². The summed E-state index contributed by atoms with van der Waals surface area (Å²) in [5, 5.41) is 0.368. The molecule has 30 heavy (non-hydrogen) atoms. The monoisotopic (exact) mass is 528 g/mol. The molecule has 2 aliphatic rings. The standard InChI is InChI=1S/C22H10ClIN2O4/c23-11-1-7-15-17(9-11)21(29)25(19(15)27)13-3-5-14(6-4-13)26-20(28)16-8-2-12(24)10-18(16)22(26)30/h1-10H. The van der Waals surface area contributed by atoms with Gasteiger partial charge in [-0.25, -0.2) is 9.80 Å². The lowest BCUT2D eigenvalue weighted by Gasteiger charge is -2.17. The Labute approximate surface area is 189 Å². The summed E-state index contributed by atoms with van der Waals surface area (Å²) in [6, 6.07) is 15.8. The van der Waals surface area contributed by atoms with Gasteiger partial charge in [0.15, 0.2) is 0 Å². The van der Waals surface area contributed by atoms with E-state index in [1.807, 2.05) is 0 Å².